The zero-order valence-corrected chi connectivity index (χ0v) is 18.1. The highest BCUT2D eigenvalue weighted by molar-refractivity contribution is 7.89. The van der Waals surface area contributed by atoms with Gasteiger partial charge in [0.2, 0.25) is 5.55 Å². The number of nitrogens with zero attached hydrogens (tertiary/aromatic N) is 1. The molecule has 0 atom stereocenters. The fourth-order valence-corrected chi connectivity index (χ4v) is 3.86. The van der Waals surface area contributed by atoms with E-state index in [0.29, 0.717) is 11.1 Å². The summed E-state index contributed by atoms with van der Waals surface area (Å²) in [7, 11) is -2.59. The maximum atomic E-state index is 14.0. The average Bonchev–Trinajstić information content (AvgIpc) is 2.83. The van der Waals surface area contributed by atoms with Crippen molar-refractivity contribution in [1.29, 1.82) is 0 Å². The molecule has 1 heterocycles. The van der Waals surface area contributed by atoms with Crippen molar-refractivity contribution in [2.24, 2.45) is 5.10 Å². The van der Waals surface area contributed by atoms with Crippen LogP contribution in [0.3, 0.4) is 0 Å². The molecule has 10 heteroatoms. The van der Waals surface area contributed by atoms with Crippen molar-refractivity contribution in [1.82, 2.24) is 4.83 Å². The van der Waals surface area contributed by atoms with Crippen molar-refractivity contribution >= 4 is 32.6 Å². The van der Waals surface area contributed by atoms with Gasteiger partial charge >= 0.3 is 0 Å². The van der Waals surface area contributed by atoms with Gasteiger partial charge in [0.15, 0.2) is 11.3 Å². The first-order valence-corrected chi connectivity index (χ1v) is 11.1. The third-order valence-corrected chi connectivity index (χ3v) is 5.87. The lowest BCUT2D eigenvalue weighted by Gasteiger charge is -2.09. The number of hydrogen-bond acceptors (Lipinski definition) is 6. The zero-order valence-electron chi connectivity index (χ0n) is 17.3. The average molecular weight is 467 g/mol. The Morgan fingerprint density at radius 2 is 1.73 bits per heavy atom. The molecule has 33 heavy (non-hydrogen) atoms. The molecule has 1 amide bonds. The van der Waals surface area contributed by atoms with Crippen LogP contribution in [0.2, 0.25) is 0 Å². The van der Waals surface area contributed by atoms with Crippen LogP contribution in [-0.4, -0.2) is 21.4 Å². The van der Waals surface area contributed by atoms with Crippen molar-refractivity contribution in [3.63, 3.8) is 0 Å². The van der Waals surface area contributed by atoms with E-state index in [1.165, 1.54) is 43.5 Å². The lowest BCUT2D eigenvalue weighted by Crippen LogP contribution is -2.27. The monoisotopic (exact) mass is 467 g/mol. The molecule has 8 nitrogen and oxygen atoms in total. The molecule has 0 aliphatic rings. The minimum absolute atomic E-state index is 0.0236. The molecular weight excluding hydrogens is 449 g/mol. The molecule has 0 radical (unpaired) electrons. The predicted molar refractivity (Wildman–Crippen MR) is 119 cm³/mol. The molecule has 0 fully saturated rings. The minimum atomic E-state index is -4.04. The highest BCUT2D eigenvalue weighted by atomic mass is 32.2. The molecule has 0 bridgehead atoms. The Morgan fingerprint density at radius 1 is 1.00 bits per heavy atom. The zero-order chi connectivity index (χ0) is 23.4. The van der Waals surface area contributed by atoms with Crippen LogP contribution in [0.5, 0.6) is 5.75 Å². The number of para-hydroxylation sites is 2. The number of rotatable bonds is 6. The van der Waals surface area contributed by atoms with Gasteiger partial charge in [-0.2, -0.15) is 13.2 Å². The van der Waals surface area contributed by atoms with E-state index in [1.807, 2.05) is 0 Å². The van der Waals surface area contributed by atoms with Crippen LogP contribution in [0.25, 0.3) is 11.0 Å². The van der Waals surface area contributed by atoms with E-state index in [9.17, 15) is 17.6 Å². The van der Waals surface area contributed by atoms with Gasteiger partial charge in [0.1, 0.15) is 11.4 Å². The van der Waals surface area contributed by atoms with E-state index in [4.69, 9.17) is 9.15 Å². The Labute approximate surface area is 188 Å². The summed E-state index contributed by atoms with van der Waals surface area (Å²) in [5.74, 6) is -1.02. The summed E-state index contributed by atoms with van der Waals surface area (Å²) in [6.07, 6.45) is 0. The maximum absolute atomic E-state index is 14.0. The molecule has 0 saturated heterocycles. The normalized spacial score (nSPS) is 11.9. The SMILES string of the molecule is COc1cccc2cc(C(=O)Nc3ccccc3F)/c(=N\NS(=O)(=O)c3ccccc3)oc12. The number of sulfonamides is 1. The summed E-state index contributed by atoms with van der Waals surface area (Å²) in [5.41, 5.74) is -0.251. The largest absolute Gasteiger partial charge is 0.493 e. The van der Waals surface area contributed by atoms with E-state index in [0.717, 1.165) is 0 Å². The second-order valence-electron chi connectivity index (χ2n) is 6.80. The van der Waals surface area contributed by atoms with E-state index < -0.39 is 21.7 Å². The van der Waals surface area contributed by atoms with E-state index in [1.54, 1.807) is 42.5 Å². The molecule has 3 aromatic carbocycles. The number of amides is 1. The van der Waals surface area contributed by atoms with Crippen LogP contribution < -0.4 is 20.4 Å². The van der Waals surface area contributed by atoms with Gasteiger partial charge < -0.3 is 14.5 Å². The second kappa shape index (κ2) is 9.13. The summed E-state index contributed by atoms with van der Waals surface area (Å²) in [6.45, 7) is 0. The molecule has 0 aliphatic heterocycles. The molecule has 0 spiro atoms. The first kappa shape index (κ1) is 22.0. The molecule has 2 N–H and O–H groups in total. The standard InChI is InChI=1S/C23H18FN3O5S/c1-31-20-13-7-8-15-14-17(22(28)25-19-12-6-5-11-18(19)24)23(32-21(15)20)26-27-33(29,30)16-9-3-2-4-10-16/h2-14,27H,1H3,(H,25,28)/b26-23+. The molecule has 4 aromatic rings. The van der Waals surface area contributed by atoms with Crippen LogP contribution in [0.1, 0.15) is 10.4 Å². The summed E-state index contributed by atoms with van der Waals surface area (Å²) in [6, 6.07) is 19.7. The number of fused-ring (bicyclic) bond motifs is 1. The van der Waals surface area contributed by atoms with Gasteiger partial charge in [-0.1, -0.05) is 42.5 Å². The Kier molecular flexibility index (Phi) is 6.09. The van der Waals surface area contributed by atoms with Crippen molar-refractivity contribution in [2.45, 2.75) is 4.90 Å². The van der Waals surface area contributed by atoms with E-state index in [-0.39, 0.29) is 27.3 Å². The molecule has 0 unspecified atom stereocenters. The number of benzene rings is 3. The van der Waals surface area contributed by atoms with Crippen molar-refractivity contribution in [3.05, 3.63) is 95.8 Å². The van der Waals surface area contributed by atoms with Crippen LogP contribution in [0.15, 0.2) is 93.3 Å². The fourth-order valence-electron chi connectivity index (χ4n) is 3.04. The number of carbonyl (C=O) groups excluding carboxylic acids is 1. The second-order valence-corrected chi connectivity index (χ2v) is 8.46. The Balaban J connectivity index is 1.83. The predicted octanol–water partition coefficient (Wildman–Crippen LogP) is 3.63. The third kappa shape index (κ3) is 4.70. The first-order chi connectivity index (χ1) is 15.9. The Morgan fingerprint density at radius 3 is 2.45 bits per heavy atom. The maximum Gasteiger partial charge on any atom is 0.276 e. The van der Waals surface area contributed by atoms with Gasteiger partial charge in [0.25, 0.3) is 15.9 Å². The number of carbonyl (C=O) groups is 1. The lowest BCUT2D eigenvalue weighted by atomic mass is 10.1. The number of ether oxygens (including phenoxy) is 1. The summed E-state index contributed by atoms with van der Waals surface area (Å²) in [5, 5.41) is 6.79. The van der Waals surface area contributed by atoms with Gasteiger partial charge in [-0.15, -0.1) is 5.10 Å². The smallest absolute Gasteiger partial charge is 0.276 e. The van der Waals surface area contributed by atoms with E-state index >= 15 is 0 Å². The molecule has 4 rings (SSSR count). The summed E-state index contributed by atoms with van der Waals surface area (Å²) < 4.78 is 50.3. The number of hydrogen-bond donors (Lipinski definition) is 2. The number of anilines is 1. The Bertz CT molecular complexity index is 1500. The van der Waals surface area contributed by atoms with Crippen molar-refractivity contribution < 1.29 is 26.8 Å². The van der Waals surface area contributed by atoms with E-state index in [2.05, 4.69) is 15.2 Å². The molecule has 168 valence electrons. The van der Waals surface area contributed by atoms with Gasteiger partial charge in [0, 0.05) is 5.39 Å². The van der Waals surface area contributed by atoms with Crippen LogP contribution in [-0.2, 0) is 10.0 Å². The van der Waals surface area contributed by atoms with Crippen LogP contribution in [0.4, 0.5) is 10.1 Å². The summed E-state index contributed by atoms with van der Waals surface area (Å²) >= 11 is 0. The van der Waals surface area contributed by atoms with Gasteiger partial charge in [-0.05, 0) is 36.4 Å². The van der Waals surface area contributed by atoms with Gasteiger partial charge in [-0.3, -0.25) is 4.79 Å². The minimum Gasteiger partial charge on any atom is -0.493 e. The molecule has 0 aliphatic carbocycles. The third-order valence-electron chi connectivity index (χ3n) is 4.65. The van der Waals surface area contributed by atoms with Crippen LogP contribution >= 0.6 is 0 Å². The molecule has 1 aromatic heterocycles. The number of nitrogens with one attached hydrogen (secondary N) is 2. The van der Waals surface area contributed by atoms with Gasteiger partial charge in [-0.25, -0.2) is 4.39 Å². The van der Waals surface area contributed by atoms with Gasteiger partial charge in [0.05, 0.1) is 17.7 Å². The quantitative estimate of drug-likeness (QED) is 0.421. The van der Waals surface area contributed by atoms with Crippen molar-refractivity contribution in [2.75, 3.05) is 12.4 Å². The number of halogens is 1. The Hall–Kier alpha value is -4.18. The fraction of sp³-hybridized carbons (Fsp3) is 0.0435. The first-order valence-electron chi connectivity index (χ1n) is 9.66. The van der Waals surface area contributed by atoms with Crippen molar-refractivity contribution in [3.8, 4) is 5.75 Å². The topological polar surface area (TPSA) is 110 Å². The molecular formula is C23H18FN3O5S. The molecule has 0 saturated carbocycles. The highest BCUT2D eigenvalue weighted by Gasteiger charge is 2.18. The lowest BCUT2D eigenvalue weighted by molar-refractivity contribution is 0.102. The van der Waals surface area contributed by atoms with Crippen LogP contribution in [0, 0.1) is 5.82 Å². The number of methoxy groups -OCH3 is 1. The summed E-state index contributed by atoms with van der Waals surface area (Å²) in [4.78, 5) is 15.0. The highest BCUT2D eigenvalue weighted by Crippen LogP contribution is 2.25.